The lowest BCUT2D eigenvalue weighted by Gasteiger charge is -2.02. The summed E-state index contributed by atoms with van der Waals surface area (Å²) in [5, 5.41) is 25.0. The van der Waals surface area contributed by atoms with Gasteiger partial charge in [-0.25, -0.2) is 4.79 Å². The molecule has 0 amide bonds. The Labute approximate surface area is 83.6 Å². The fraction of sp³-hybridized carbons (Fsp3) is 0.250. The molecule has 0 aliphatic carbocycles. The molecule has 7 nitrogen and oxygen atoms in total. The van der Waals surface area contributed by atoms with E-state index < -0.39 is 36.0 Å². The fourth-order valence-corrected chi connectivity index (χ4v) is 0.701. The van der Waals surface area contributed by atoms with Crippen LogP contribution in [-0.4, -0.2) is 39.0 Å². The molecule has 7 heteroatoms. The van der Waals surface area contributed by atoms with Gasteiger partial charge in [0.05, 0.1) is 12.3 Å². The first-order valence-corrected chi connectivity index (χ1v) is 3.74. The van der Waals surface area contributed by atoms with Gasteiger partial charge in [0, 0.05) is 0 Å². The topological polar surface area (TPSA) is 129 Å². The highest BCUT2D eigenvalue weighted by atomic mass is 16.4. The van der Waals surface area contributed by atoms with Gasteiger partial charge in [0.15, 0.2) is 0 Å². The van der Waals surface area contributed by atoms with E-state index in [4.69, 9.17) is 15.3 Å². The number of ketones is 1. The standard InChI is InChI=1S/C8H8O7/c9-5(8(14)15)2-1-4(7(12)13)3-6(10)11/h1-2,4H,3H2,(H,10,11)(H,12,13)(H,14,15)/b2-1+/t4-/m0/s1. The van der Waals surface area contributed by atoms with Crippen LogP contribution in [0.4, 0.5) is 0 Å². The van der Waals surface area contributed by atoms with E-state index in [9.17, 15) is 19.2 Å². The van der Waals surface area contributed by atoms with Gasteiger partial charge in [-0.1, -0.05) is 6.08 Å². The zero-order valence-corrected chi connectivity index (χ0v) is 7.41. The van der Waals surface area contributed by atoms with Crippen LogP contribution in [0.25, 0.3) is 0 Å². The predicted molar refractivity (Wildman–Crippen MR) is 45.2 cm³/mol. The molecule has 0 spiro atoms. The molecule has 0 saturated carbocycles. The number of hydrogen-bond donors (Lipinski definition) is 3. The smallest absolute Gasteiger partial charge is 0.376 e. The van der Waals surface area contributed by atoms with Crippen LogP contribution >= 0.6 is 0 Å². The largest absolute Gasteiger partial charge is 0.481 e. The maximum atomic E-state index is 10.5. The quantitative estimate of drug-likeness (QED) is 0.398. The zero-order chi connectivity index (χ0) is 12.0. The minimum absolute atomic E-state index is 0.532. The second kappa shape index (κ2) is 5.53. The summed E-state index contributed by atoms with van der Waals surface area (Å²) in [6, 6.07) is 0. The lowest BCUT2D eigenvalue weighted by molar-refractivity contribution is -0.147. The Morgan fingerprint density at radius 3 is 1.93 bits per heavy atom. The molecule has 0 bridgehead atoms. The van der Waals surface area contributed by atoms with Crippen LogP contribution in [0.1, 0.15) is 6.42 Å². The number of carbonyl (C=O) groups excluding carboxylic acids is 1. The summed E-state index contributed by atoms with van der Waals surface area (Å²) in [4.78, 5) is 41.2. The summed E-state index contributed by atoms with van der Waals surface area (Å²) in [5.74, 6) is -7.23. The third-order valence-corrected chi connectivity index (χ3v) is 1.40. The van der Waals surface area contributed by atoms with Gasteiger partial charge in [-0.2, -0.15) is 0 Å². The van der Waals surface area contributed by atoms with E-state index in [1.807, 2.05) is 0 Å². The molecule has 1 atom stereocenters. The molecular formula is C8H8O7. The molecule has 3 N–H and O–H groups in total. The highest BCUT2D eigenvalue weighted by Gasteiger charge is 2.18. The molecule has 15 heavy (non-hydrogen) atoms. The molecule has 0 aromatic heterocycles. The fourth-order valence-electron chi connectivity index (χ4n) is 0.701. The molecule has 0 aliphatic rings. The lowest BCUT2D eigenvalue weighted by Crippen LogP contribution is -2.17. The van der Waals surface area contributed by atoms with Gasteiger partial charge in [0.2, 0.25) is 0 Å². The van der Waals surface area contributed by atoms with Crippen LogP contribution in [0, 0.1) is 5.92 Å². The second-order valence-corrected chi connectivity index (χ2v) is 2.57. The molecule has 0 radical (unpaired) electrons. The first-order valence-electron chi connectivity index (χ1n) is 3.74. The van der Waals surface area contributed by atoms with E-state index in [1.165, 1.54) is 0 Å². The minimum Gasteiger partial charge on any atom is -0.481 e. The Hall–Kier alpha value is -2.18. The Kier molecular flexibility index (Phi) is 4.73. The number of carboxylic acid groups (broad SMARTS) is 3. The van der Waals surface area contributed by atoms with E-state index in [-0.39, 0.29) is 0 Å². The van der Waals surface area contributed by atoms with Crippen molar-refractivity contribution in [2.24, 2.45) is 5.92 Å². The second-order valence-electron chi connectivity index (χ2n) is 2.57. The van der Waals surface area contributed by atoms with Crippen molar-refractivity contribution in [1.29, 1.82) is 0 Å². The van der Waals surface area contributed by atoms with Crippen LogP contribution in [0.3, 0.4) is 0 Å². The van der Waals surface area contributed by atoms with E-state index in [2.05, 4.69) is 0 Å². The molecule has 0 heterocycles. The number of aliphatic carboxylic acids is 3. The summed E-state index contributed by atoms with van der Waals surface area (Å²) >= 11 is 0. The van der Waals surface area contributed by atoms with Gasteiger partial charge >= 0.3 is 17.9 Å². The van der Waals surface area contributed by atoms with E-state index >= 15 is 0 Å². The molecule has 0 aliphatic heterocycles. The van der Waals surface area contributed by atoms with Crippen LogP contribution in [0.15, 0.2) is 12.2 Å². The van der Waals surface area contributed by atoms with Crippen molar-refractivity contribution in [2.75, 3.05) is 0 Å². The van der Waals surface area contributed by atoms with E-state index in [0.717, 1.165) is 6.08 Å². The molecule has 82 valence electrons. The Morgan fingerprint density at radius 1 is 1.07 bits per heavy atom. The van der Waals surface area contributed by atoms with E-state index in [0.29, 0.717) is 6.08 Å². The number of carbonyl (C=O) groups is 4. The molecular weight excluding hydrogens is 208 g/mol. The minimum atomic E-state index is -1.73. The number of carboxylic acids is 3. The van der Waals surface area contributed by atoms with Crippen LogP contribution < -0.4 is 0 Å². The average Bonchev–Trinajstić information content (AvgIpc) is 2.10. The summed E-state index contributed by atoms with van der Waals surface area (Å²) in [6.45, 7) is 0. The van der Waals surface area contributed by atoms with Crippen LogP contribution in [-0.2, 0) is 19.2 Å². The average molecular weight is 216 g/mol. The van der Waals surface area contributed by atoms with Gasteiger partial charge in [-0.05, 0) is 6.08 Å². The van der Waals surface area contributed by atoms with Crippen molar-refractivity contribution >= 4 is 23.7 Å². The Morgan fingerprint density at radius 2 is 1.60 bits per heavy atom. The summed E-state index contributed by atoms with van der Waals surface area (Å²) in [7, 11) is 0. The maximum Gasteiger partial charge on any atom is 0.376 e. The highest BCUT2D eigenvalue weighted by Crippen LogP contribution is 2.05. The van der Waals surface area contributed by atoms with Crippen molar-refractivity contribution in [3.8, 4) is 0 Å². The molecule has 0 rings (SSSR count). The van der Waals surface area contributed by atoms with Crippen LogP contribution in [0.5, 0.6) is 0 Å². The van der Waals surface area contributed by atoms with Crippen molar-refractivity contribution < 1.29 is 34.5 Å². The maximum absolute atomic E-state index is 10.5. The van der Waals surface area contributed by atoms with Gasteiger partial charge in [0.1, 0.15) is 0 Å². The van der Waals surface area contributed by atoms with Gasteiger partial charge in [-0.15, -0.1) is 0 Å². The summed E-state index contributed by atoms with van der Waals surface area (Å²) in [5.41, 5.74) is 0. The zero-order valence-electron chi connectivity index (χ0n) is 7.41. The van der Waals surface area contributed by atoms with E-state index in [1.54, 1.807) is 0 Å². The monoisotopic (exact) mass is 216 g/mol. The van der Waals surface area contributed by atoms with Crippen molar-refractivity contribution in [3.63, 3.8) is 0 Å². The van der Waals surface area contributed by atoms with Gasteiger partial charge in [0.25, 0.3) is 5.78 Å². The first kappa shape index (κ1) is 12.8. The molecule has 0 aromatic rings. The molecule has 0 aromatic carbocycles. The third-order valence-electron chi connectivity index (χ3n) is 1.40. The molecule has 0 saturated heterocycles. The molecule has 0 unspecified atom stereocenters. The normalized spacial score (nSPS) is 12.3. The van der Waals surface area contributed by atoms with Crippen molar-refractivity contribution in [2.45, 2.75) is 6.42 Å². The Bertz CT molecular complexity index is 328. The van der Waals surface area contributed by atoms with Crippen molar-refractivity contribution in [1.82, 2.24) is 0 Å². The summed E-state index contributed by atoms with van der Waals surface area (Å²) < 4.78 is 0. The lowest BCUT2D eigenvalue weighted by atomic mass is 10.1. The number of rotatable bonds is 6. The number of hydrogen-bond acceptors (Lipinski definition) is 4. The van der Waals surface area contributed by atoms with Crippen LogP contribution in [0.2, 0.25) is 0 Å². The first-order chi connectivity index (χ1) is 6.84. The van der Waals surface area contributed by atoms with Gasteiger partial charge in [-0.3, -0.25) is 14.4 Å². The molecule has 0 fully saturated rings. The highest BCUT2D eigenvalue weighted by molar-refractivity contribution is 6.37. The third kappa shape index (κ3) is 5.19. The predicted octanol–water partition coefficient (Wildman–Crippen LogP) is -0.628. The van der Waals surface area contributed by atoms with Gasteiger partial charge < -0.3 is 15.3 Å². The van der Waals surface area contributed by atoms with Crippen molar-refractivity contribution in [3.05, 3.63) is 12.2 Å². The summed E-state index contributed by atoms with van der Waals surface area (Å²) in [6.07, 6.45) is 0.565. The SMILES string of the molecule is O=C(O)C[C@H](/C=C/C(=O)C(=O)O)C(=O)O. The Balaban J connectivity index is 4.54.